The van der Waals surface area contributed by atoms with Crippen LogP contribution in [0.15, 0.2) is 47.6 Å². The lowest BCUT2D eigenvalue weighted by Gasteiger charge is -2.06. The van der Waals surface area contributed by atoms with Gasteiger partial charge in [-0.25, -0.2) is 9.97 Å². The molecule has 0 amide bonds. The Bertz CT molecular complexity index is 526. The molecule has 1 aliphatic rings. The van der Waals surface area contributed by atoms with Crippen LogP contribution in [0.1, 0.15) is 24.2 Å². The van der Waals surface area contributed by atoms with Crippen molar-refractivity contribution in [2.45, 2.75) is 36.1 Å². The average molecular weight is 271 g/mol. The van der Waals surface area contributed by atoms with Gasteiger partial charge in [-0.3, -0.25) is 0 Å². The van der Waals surface area contributed by atoms with Crippen molar-refractivity contribution < 1.29 is 0 Å². The van der Waals surface area contributed by atoms with Crippen LogP contribution >= 0.6 is 11.8 Å². The zero-order valence-corrected chi connectivity index (χ0v) is 11.6. The number of hydrogen-bond acceptors (Lipinski definition) is 4. The van der Waals surface area contributed by atoms with Crippen molar-refractivity contribution in [2.24, 2.45) is 0 Å². The minimum Gasteiger partial charge on any atom is -0.310 e. The average Bonchev–Trinajstić information content (AvgIpc) is 3.29. The molecule has 0 bridgehead atoms. The summed E-state index contributed by atoms with van der Waals surface area (Å²) in [6.45, 7) is 0.973. The lowest BCUT2D eigenvalue weighted by atomic mass is 10.2. The van der Waals surface area contributed by atoms with Crippen LogP contribution in [0.2, 0.25) is 0 Å². The van der Waals surface area contributed by atoms with Crippen LogP contribution in [-0.4, -0.2) is 16.0 Å². The molecule has 1 fully saturated rings. The van der Waals surface area contributed by atoms with Gasteiger partial charge in [0.1, 0.15) is 5.82 Å². The molecule has 1 N–H and O–H groups in total. The molecule has 2 aromatic rings. The van der Waals surface area contributed by atoms with Crippen molar-refractivity contribution >= 4 is 11.8 Å². The van der Waals surface area contributed by atoms with Gasteiger partial charge in [0.2, 0.25) is 0 Å². The smallest absolute Gasteiger partial charge is 0.138 e. The van der Waals surface area contributed by atoms with Crippen molar-refractivity contribution in [3.63, 3.8) is 0 Å². The summed E-state index contributed by atoms with van der Waals surface area (Å²) < 4.78 is 0. The van der Waals surface area contributed by atoms with Crippen LogP contribution in [0.4, 0.5) is 0 Å². The lowest BCUT2D eigenvalue weighted by Crippen LogP contribution is -2.15. The Labute approximate surface area is 117 Å². The fraction of sp³-hybridized carbons (Fsp3) is 0.333. The van der Waals surface area contributed by atoms with E-state index >= 15 is 0 Å². The molecule has 1 aliphatic carbocycles. The maximum atomic E-state index is 4.24. The van der Waals surface area contributed by atoms with Crippen molar-refractivity contribution in [3.05, 3.63) is 54.1 Å². The third kappa shape index (κ3) is 4.04. The molecule has 1 aromatic heterocycles. The minimum absolute atomic E-state index is 0.758. The van der Waals surface area contributed by atoms with Gasteiger partial charge in [-0.2, -0.15) is 0 Å². The number of benzene rings is 1. The molecule has 1 aromatic carbocycles. The maximum absolute atomic E-state index is 4.24. The monoisotopic (exact) mass is 271 g/mol. The highest BCUT2D eigenvalue weighted by Gasteiger charge is 2.19. The predicted octanol–water partition coefficient (Wildman–Crippen LogP) is 3.02. The van der Waals surface area contributed by atoms with Crippen LogP contribution in [0, 0.1) is 0 Å². The molecule has 4 heteroatoms. The fourth-order valence-corrected chi connectivity index (χ4v) is 2.70. The molecular weight excluding hydrogens is 254 g/mol. The zero-order valence-electron chi connectivity index (χ0n) is 10.7. The largest absolute Gasteiger partial charge is 0.310 e. The number of thioether (sulfide) groups is 1. The van der Waals surface area contributed by atoms with Gasteiger partial charge < -0.3 is 5.32 Å². The van der Waals surface area contributed by atoms with E-state index in [1.165, 1.54) is 23.3 Å². The molecule has 98 valence electrons. The van der Waals surface area contributed by atoms with Crippen LogP contribution in [0.3, 0.4) is 0 Å². The normalized spacial score (nSPS) is 14.5. The molecule has 3 rings (SSSR count). The summed E-state index contributed by atoms with van der Waals surface area (Å²) in [7, 11) is 0. The van der Waals surface area contributed by atoms with Gasteiger partial charge in [0.25, 0.3) is 0 Å². The van der Waals surface area contributed by atoms with E-state index in [1.807, 2.05) is 6.07 Å². The second kappa shape index (κ2) is 6.17. The van der Waals surface area contributed by atoms with Gasteiger partial charge in [-0.1, -0.05) is 12.1 Å². The third-order valence-corrected chi connectivity index (χ3v) is 4.05. The second-order valence-corrected chi connectivity index (χ2v) is 5.81. The molecule has 0 spiro atoms. The van der Waals surface area contributed by atoms with Gasteiger partial charge >= 0.3 is 0 Å². The quantitative estimate of drug-likeness (QED) is 0.820. The van der Waals surface area contributed by atoms with Gasteiger partial charge in [0.15, 0.2) is 0 Å². The van der Waals surface area contributed by atoms with Crippen LogP contribution in [-0.2, 0) is 12.3 Å². The van der Waals surface area contributed by atoms with E-state index in [4.69, 9.17) is 0 Å². The fourth-order valence-electron chi connectivity index (χ4n) is 1.85. The van der Waals surface area contributed by atoms with E-state index in [1.54, 1.807) is 24.2 Å². The maximum Gasteiger partial charge on any atom is 0.138 e. The van der Waals surface area contributed by atoms with E-state index in [0.29, 0.717) is 0 Å². The summed E-state index contributed by atoms with van der Waals surface area (Å²) in [6, 6.07) is 11.3. The number of aromatic nitrogens is 2. The van der Waals surface area contributed by atoms with Crippen molar-refractivity contribution in [1.82, 2.24) is 15.3 Å². The first-order chi connectivity index (χ1) is 9.40. The van der Waals surface area contributed by atoms with E-state index in [9.17, 15) is 0 Å². The standard InChI is InChI=1S/C15H17N3S/c1-3-12(10-18-13-5-6-13)9-14(4-1)19-11-15-16-7-2-8-17-15/h1-4,7-9,13,18H,5-6,10-11H2. The Morgan fingerprint density at radius 1 is 1.16 bits per heavy atom. The molecule has 3 nitrogen and oxygen atoms in total. The summed E-state index contributed by atoms with van der Waals surface area (Å²) in [4.78, 5) is 9.76. The first-order valence-corrected chi connectivity index (χ1v) is 7.60. The Kier molecular flexibility index (Phi) is 4.10. The third-order valence-electron chi connectivity index (χ3n) is 3.06. The van der Waals surface area contributed by atoms with E-state index in [-0.39, 0.29) is 0 Å². The topological polar surface area (TPSA) is 37.8 Å². The zero-order chi connectivity index (χ0) is 12.9. The first kappa shape index (κ1) is 12.6. The van der Waals surface area contributed by atoms with E-state index in [2.05, 4.69) is 39.6 Å². The Morgan fingerprint density at radius 3 is 2.79 bits per heavy atom. The Hall–Kier alpha value is -1.39. The first-order valence-electron chi connectivity index (χ1n) is 6.61. The van der Waals surface area contributed by atoms with Crippen LogP contribution < -0.4 is 5.32 Å². The van der Waals surface area contributed by atoms with Gasteiger partial charge in [0.05, 0.1) is 5.75 Å². The molecule has 1 heterocycles. The van der Waals surface area contributed by atoms with Gasteiger partial charge in [-0.15, -0.1) is 11.8 Å². The van der Waals surface area contributed by atoms with Crippen molar-refractivity contribution in [1.29, 1.82) is 0 Å². The summed E-state index contributed by atoms with van der Waals surface area (Å²) >= 11 is 1.78. The van der Waals surface area contributed by atoms with Crippen molar-refractivity contribution in [3.8, 4) is 0 Å². The van der Waals surface area contributed by atoms with Crippen LogP contribution in [0.25, 0.3) is 0 Å². The Morgan fingerprint density at radius 2 is 2.00 bits per heavy atom. The Balaban J connectivity index is 1.56. The summed E-state index contributed by atoms with van der Waals surface area (Å²) in [5.41, 5.74) is 1.35. The highest BCUT2D eigenvalue weighted by Crippen LogP contribution is 2.23. The molecule has 19 heavy (non-hydrogen) atoms. The molecular formula is C15H17N3S. The highest BCUT2D eigenvalue weighted by molar-refractivity contribution is 7.98. The molecule has 0 aliphatic heterocycles. The highest BCUT2D eigenvalue weighted by atomic mass is 32.2. The molecule has 0 radical (unpaired) electrons. The molecule has 1 saturated carbocycles. The summed E-state index contributed by atoms with van der Waals surface area (Å²) in [5, 5.41) is 3.54. The molecule has 0 unspecified atom stereocenters. The van der Waals surface area contributed by atoms with Crippen molar-refractivity contribution in [2.75, 3.05) is 0 Å². The predicted molar refractivity (Wildman–Crippen MR) is 77.9 cm³/mol. The number of nitrogens with one attached hydrogen (secondary N) is 1. The van der Waals surface area contributed by atoms with Crippen LogP contribution in [0.5, 0.6) is 0 Å². The lowest BCUT2D eigenvalue weighted by molar-refractivity contribution is 0.687. The summed E-state index contributed by atoms with van der Waals surface area (Å²) in [5.74, 6) is 1.70. The van der Waals surface area contributed by atoms with E-state index in [0.717, 1.165) is 24.2 Å². The SMILES string of the molecule is c1cnc(CSc2cccc(CNC3CC3)c2)nc1. The molecule has 0 atom stereocenters. The molecule has 0 saturated heterocycles. The number of rotatable bonds is 6. The van der Waals surface area contributed by atoms with E-state index < -0.39 is 0 Å². The number of nitrogens with zero attached hydrogens (tertiary/aromatic N) is 2. The second-order valence-electron chi connectivity index (χ2n) is 4.76. The minimum atomic E-state index is 0.758. The number of hydrogen-bond donors (Lipinski definition) is 1. The summed E-state index contributed by atoms with van der Waals surface area (Å²) in [6.07, 6.45) is 6.25. The van der Waals surface area contributed by atoms with Gasteiger partial charge in [0, 0.05) is 29.9 Å². The van der Waals surface area contributed by atoms with Gasteiger partial charge in [-0.05, 0) is 36.6 Å².